The molecule has 1 fully saturated rings. The van der Waals surface area contributed by atoms with Crippen molar-refractivity contribution in [1.82, 2.24) is 5.32 Å². The Morgan fingerprint density at radius 1 is 1.14 bits per heavy atom. The van der Waals surface area contributed by atoms with Gasteiger partial charge in [0.05, 0.1) is 6.61 Å². The van der Waals surface area contributed by atoms with E-state index in [0.29, 0.717) is 5.92 Å². The molecule has 2 heteroatoms. The maximum Gasteiger partial charge on any atom is 0.0587 e. The Hall–Kier alpha value is -0.860. The van der Waals surface area contributed by atoms with Crippen LogP contribution in [0.3, 0.4) is 0 Å². The minimum Gasteiger partial charge on any atom is -0.383 e. The van der Waals surface area contributed by atoms with Crippen molar-refractivity contribution in [3.8, 4) is 0 Å². The molecule has 1 aliphatic rings. The van der Waals surface area contributed by atoms with Gasteiger partial charge in [0.2, 0.25) is 0 Å². The molecular formula is C19H31NO. The number of ether oxygens (including phenoxy) is 1. The van der Waals surface area contributed by atoms with Gasteiger partial charge in [-0.1, -0.05) is 49.9 Å². The largest absolute Gasteiger partial charge is 0.383 e. The number of hydrogen-bond acceptors (Lipinski definition) is 2. The molecule has 1 aliphatic carbocycles. The average Bonchev–Trinajstić information content (AvgIpc) is 2.78. The summed E-state index contributed by atoms with van der Waals surface area (Å²) >= 11 is 0. The van der Waals surface area contributed by atoms with Crippen molar-refractivity contribution in [2.24, 2.45) is 5.92 Å². The van der Waals surface area contributed by atoms with Gasteiger partial charge < -0.3 is 10.1 Å². The van der Waals surface area contributed by atoms with Gasteiger partial charge in [-0.2, -0.15) is 0 Å². The molecule has 0 spiro atoms. The Balaban J connectivity index is 2.07. The lowest BCUT2D eigenvalue weighted by Crippen LogP contribution is -2.29. The SMILES string of the molecule is COCCNCC(c1ccccc1C)C1CCCCCC1. The fourth-order valence-corrected chi connectivity index (χ4v) is 3.68. The van der Waals surface area contributed by atoms with Crippen molar-refractivity contribution in [3.05, 3.63) is 35.4 Å². The monoisotopic (exact) mass is 289 g/mol. The first-order valence-corrected chi connectivity index (χ1v) is 8.58. The first-order valence-electron chi connectivity index (χ1n) is 8.58. The van der Waals surface area contributed by atoms with Crippen molar-refractivity contribution in [2.75, 3.05) is 26.8 Å². The Bertz CT molecular complexity index is 396. The lowest BCUT2D eigenvalue weighted by molar-refractivity contribution is 0.197. The van der Waals surface area contributed by atoms with Crippen LogP contribution in [0.1, 0.15) is 55.6 Å². The summed E-state index contributed by atoms with van der Waals surface area (Å²) in [5.41, 5.74) is 3.00. The van der Waals surface area contributed by atoms with E-state index < -0.39 is 0 Å². The lowest BCUT2D eigenvalue weighted by atomic mass is 9.79. The molecular weight excluding hydrogens is 258 g/mol. The summed E-state index contributed by atoms with van der Waals surface area (Å²) < 4.78 is 5.16. The second-order valence-electron chi connectivity index (χ2n) is 6.41. The van der Waals surface area contributed by atoms with E-state index in [0.717, 1.165) is 25.6 Å². The number of benzene rings is 1. The van der Waals surface area contributed by atoms with E-state index in [9.17, 15) is 0 Å². The van der Waals surface area contributed by atoms with Crippen LogP contribution < -0.4 is 5.32 Å². The van der Waals surface area contributed by atoms with Gasteiger partial charge in [0.15, 0.2) is 0 Å². The maximum absolute atomic E-state index is 5.16. The Morgan fingerprint density at radius 2 is 1.86 bits per heavy atom. The van der Waals surface area contributed by atoms with Crippen molar-refractivity contribution in [2.45, 2.75) is 51.4 Å². The number of rotatable bonds is 7. The second-order valence-corrected chi connectivity index (χ2v) is 6.41. The third-order valence-corrected chi connectivity index (χ3v) is 4.90. The van der Waals surface area contributed by atoms with E-state index in [1.807, 2.05) is 0 Å². The van der Waals surface area contributed by atoms with E-state index in [-0.39, 0.29) is 0 Å². The molecule has 2 nitrogen and oxygen atoms in total. The summed E-state index contributed by atoms with van der Waals surface area (Å²) in [4.78, 5) is 0. The third-order valence-electron chi connectivity index (χ3n) is 4.90. The number of nitrogens with one attached hydrogen (secondary N) is 1. The van der Waals surface area contributed by atoms with Crippen LogP contribution in [0, 0.1) is 12.8 Å². The van der Waals surface area contributed by atoms with Gasteiger partial charge in [-0.25, -0.2) is 0 Å². The van der Waals surface area contributed by atoms with Crippen LogP contribution in [-0.4, -0.2) is 26.8 Å². The van der Waals surface area contributed by atoms with Crippen molar-refractivity contribution in [3.63, 3.8) is 0 Å². The van der Waals surface area contributed by atoms with Crippen molar-refractivity contribution in [1.29, 1.82) is 0 Å². The summed E-state index contributed by atoms with van der Waals surface area (Å²) in [5, 5.41) is 3.60. The van der Waals surface area contributed by atoms with E-state index in [4.69, 9.17) is 4.74 Å². The Labute approximate surface area is 130 Å². The zero-order chi connectivity index (χ0) is 14.9. The third kappa shape index (κ3) is 5.12. The van der Waals surface area contributed by atoms with E-state index in [2.05, 4.69) is 36.5 Å². The predicted octanol–water partition coefficient (Wildman–Crippen LogP) is 4.29. The van der Waals surface area contributed by atoms with Crippen LogP contribution in [-0.2, 0) is 4.74 Å². The predicted molar refractivity (Wildman–Crippen MR) is 89.9 cm³/mol. The summed E-state index contributed by atoms with van der Waals surface area (Å²) in [6, 6.07) is 8.94. The van der Waals surface area contributed by atoms with E-state index >= 15 is 0 Å². The highest BCUT2D eigenvalue weighted by atomic mass is 16.5. The molecule has 1 aromatic carbocycles. The molecule has 0 saturated heterocycles. The smallest absolute Gasteiger partial charge is 0.0587 e. The van der Waals surface area contributed by atoms with Gasteiger partial charge in [0.25, 0.3) is 0 Å². The number of hydrogen-bond donors (Lipinski definition) is 1. The summed E-state index contributed by atoms with van der Waals surface area (Å²) in [6.45, 7) is 5.09. The normalized spacial score (nSPS) is 18.4. The average molecular weight is 289 g/mol. The minimum atomic E-state index is 0.654. The highest BCUT2D eigenvalue weighted by Gasteiger charge is 2.24. The topological polar surface area (TPSA) is 21.3 Å². The summed E-state index contributed by atoms with van der Waals surface area (Å²) in [7, 11) is 1.77. The van der Waals surface area contributed by atoms with Gasteiger partial charge in [-0.15, -0.1) is 0 Å². The lowest BCUT2D eigenvalue weighted by Gasteiger charge is -2.28. The van der Waals surface area contributed by atoms with Gasteiger partial charge in [-0.3, -0.25) is 0 Å². The van der Waals surface area contributed by atoms with Gasteiger partial charge in [0.1, 0.15) is 0 Å². The first-order chi connectivity index (χ1) is 10.3. The standard InChI is InChI=1S/C19H31NO/c1-16-9-7-8-12-18(16)19(15-20-13-14-21-2)17-10-5-3-4-6-11-17/h7-9,12,17,19-20H,3-6,10-11,13-15H2,1-2H3. The molecule has 0 amide bonds. The van der Waals surface area contributed by atoms with Crippen LogP contribution in [0.25, 0.3) is 0 Å². The molecule has 1 saturated carbocycles. The first kappa shape index (κ1) is 16.5. The molecule has 0 heterocycles. The van der Waals surface area contributed by atoms with Crippen LogP contribution in [0.2, 0.25) is 0 Å². The molecule has 21 heavy (non-hydrogen) atoms. The highest BCUT2D eigenvalue weighted by molar-refractivity contribution is 5.30. The summed E-state index contributed by atoms with van der Waals surface area (Å²) in [5.74, 6) is 1.49. The van der Waals surface area contributed by atoms with E-state index in [1.165, 1.54) is 44.1 Å². The minimum absolute atomic E-state index is 0.654. The number of aryl methyl sites for hydroxylation is 1. The highest BCUT2D eigenvalue weighted by Crippen LogP contribution is 2.36. The molecule has 0 bridgehead atoms. The van der Waals surface area contributed by atoms with Crippen molar-refractivity contribution >= 4 is 0 Å². The number of methoxy groups -OCH3 is 1. The second kappa shape index (κ2) is 9.22. The zero-order valence-electron chi connectivity index (χ0n) is 13.7. The van der Waals surface area contributed by atoms with Crippen LogP contribution in [0.5, 0.6) is 0 Å². The van der Waals surface area contributed by atoms with Gasteiger partial charge in [-0.05, 0) is 42.7 Å². The maximum atomic E-state index is 5.16. The summed E-state index contributed by atoms with van der Waals surface area (Å²) in [6.07, 6.45) is 8.45. The molecule has 0 radical (unpaired) electrons. The van der Waals surface area contributed by atoms with Gasteiger partial charge >= 0.3 is 0 Å². The van der Waals surface area contributed by atoms with Gasteiger partial charge in [0, 0.05) is 20.2 Å². The molecule has 1 aromatic rings. The molecule has 1 atom stereocenters. The molecule has 1 unspecified atom stereocenters. The molecule has 118 valence electrons. The zero-order valence-corrected chi connectivity index (χ0v) is 13.7. The van der Waals surface area contributed by atoms with E-state index in [1.54, 1.807) is 12.7 Å². The molecule has 2 rings (SSSR count). The molecule has 0 aliphatic heterocycles. The van der Waals surface area contributed by atoms with Crippen molar-refractivity contribution < 1.29 is 4.74 Å². The Morgan fingerprint density at radius 3 is 2.52 bits per heavy atom. The fourth-order valence-electron chi connectivity index (χ4n) is 3.68. The Kier molecular flexibility index (Phi) is 7.25. The van der Waals surface area contributed by atoms with Crippen LogP contribution in [0.15, 0.2) is 24.3 Å². The quantitative estimate of drug-likeness (QED) is 0.597. The van der Waals surface area contributed by atoms with Crippen LogP contribution >= 0.6 is 0 Å². The molecule has 0 aromatic heterocycles. The fraction of sp³-hybridized carbons (Fsp3) is 0.684. The molecule has 1 N–H and O–H groups in total. The van der Waals surface area contributed by atoms with Crippen LogP contribution in [0.4, 0.5) is 0 Å².